The minimum absolute atomic E-state index is 0.155. The van der Waals surface area contributed by atoms with Crippen LogP contribution in [0.4, 0.5) is 0 Å². The van der Waals surface area contributed by atoms with Crippen LogP contribution in [-0.4, -0.2) is 5.91 Å². The highest BCUT2D eigenvalue weighted by Crippen LogP contribution is 2.23. The summed E-state index contributed by atoms with van der Waals surface area (Å²) in [6, 6.07) is 8.35. The fourth-order valence-electron chi connectivity index (χ4n) is 1.46. The van der Waals surface area contributed by atoms with Gasteiger partial charge < -0.3 is 5.73 Å². The number of primary amides is 1. The van der Waals surface area contributed by atoms with Gasteiger partial charge in [-0.05, 0) is 23.0 Å². The lowest BCUT2D eigenvalue weighted by atomic mass is 9.86. The molecule has 0 unspecified atom stereocenters. The molecule has 2 nitrogen and oxygen atoms in total. The summed E-state index contributed by atoms with van der Waals surface area (Å²) in [7, 11) is 0. The molecule has 1 aromatic rings. The Hall–Kier alpha value is -1.31. The molecule has 0 radical (unpaired) electrons. The molecule has 0 spiro atoms. The fraction of sp³-hybridized carbons (Fsp3) is 0.462. The van der Waals surface area contributed by atoms with E-state index in [2.05, 4.69) is 32.9 Å². The van der Waals surface area contributed by atoms with Crippen LogP contribution in [0.25, 0.3) is 0 Å². The second-order valence-corrected chi connectivity index (χ2v) is 4.92. The number of hydrogen-bond donors (Lipinski definition) is 1. The predicted molar refractivity (Wildman–Crippen MR) is 62.7 cm³/mol. The Balaban J connectivity index is 2.79. The van der Waals surface area contributed by atoms with E-state index in [1.807, 2.05) is 12.1 Å². The maximum atomic E-state index is 10.7. The number of rotatable bonds is 3. The van der Waals surface area contributed by atoms with Gasteiger partial charge in [0.2, 0.25) is 5.91 Å². The van der Waals surface area contributed by atoms with E-state index in [4.69, 9.17) is 5.73 Å². The minimum atomic E-state index is -0.240. The van der Waals surface area contributed by atoms with Gasteiger partial charge in [0.1, 0.15) is 0 Å². The number of carbonyl (C=O) groups excluding carboxylic acids is 1. The maximum absolute atomic E-state index is 10.7. The number of aryl methyl sites for hydroxylation is 1. The zero-order chi connectivity index (χ0) is 11.5. The largest absolute Gasteiger partial charge is 0.370 e. The second-order valence-electron chi connectivity index (χ2n) is 4.92. The first-order valence-electron chi connectivity index (χ1n) is 5.27. The van der Waals surface area contributed by atoms with E-state index in [1.54, 1.807) is 0 Å². The Morgan fingerprint density at radius 1 is 1.33 bits per heavy atom. The van der Waals surface area contributed by atoms with Crippen LogP contribution < -0.4 is 5.73 Å². The fourth-order valence-corrected chi connectivity index (χ4v) is 1.46. The maximum Gasteiger partial charge on any atom is 0.217 e. The smallest absolute Gasteiger partial charge is 0.217 e. The highest BCUT2D eigenvalue weighted by molar-refractivity contribution is 5.74. The molecule has 2 N–H and O–H groups in total. The first-order chi connectivity index (χ1) is 6.89. The van der Waals surface area contributed by atoms with E-state index >= 15 is 0 Å². The molecule has 0 fully saturated rings. The van der Waals surface area contributed by atoms with E-state index < -0.39 is 0 Å². The van der Waals surface area contributed by atoms with Crippen LogP contribution in [0.15, 0.2) is 24.3 Å². The first-order valence-corrected chi connectivity index (χ1v) is 5.27. The minimum Gasteiger partial charge on any atom is -0.370 e. The Bertz CT molecular complexity index is 350. The van der Waals surface area contributed by atoms with E-state index in [0.717, 1.165) is 6.42 Å². The Labute approximate surface area is 91.5 Å². The lowest BCUT2D eigenvalue weighted by molar-refractivity contribution is -0.117. The van der Waals surface area contributed by atoms with Gasteiger partial charge in [0.05, 0.1) is 0 Å². The first kappa shape index (κ1) is 11.8. The third-order valence-corrected chi connectivity index (χ3v) is 2.45. The molecule has 1 amide bonds. The van der Waals surface area contributed by atoms with Crippen molar-refractivity contribution in [1.82, 2.24) is 0 Å². The lowest BCUT2D eigenvalue weighted by Gasteiger charge is -2.19. The van der Waals surface area contributed by atoms with Crippen molar-refractivity contribution in [3.8, 4) is 0 Å². The molecule has 2 heteroatoms. The molecule has 1 rings (SSSR count). The van der Waals surface area contributed by atoms with Crippen LogP contribution in [0.2, 0.25) is 0 Å². The van der Waals surface area contributed by atoms with Crippen LogP contribution in [0.5, 0.6) is 0 Å². The van der Waals surface area contributed by atoms with Gasteiger partial charge in [-0.3, -0.25) is 4.79 Å². The molecule has 0 saturated heterocycles. The second kappa shape index (κ2) is 4.47. The summed E-state index contributed by atoms with van der Waals surface area (Å²) in [5.41, 5.74) is 7.76. The number of carbonyl (C=O) groups is 1. The summed E-state index contributed by atoms with van der Waals surface area (Å²) in [6.07, 6.45) is 1.16. The summed E-state index contributed by atoms with van der Waals surface area (Å²) in [4.78, 5) is 10.7. The zero-order valence-electron chi connectivity index (χ0n) is 9.71. The van der Waals surface area contributed by atoms with Gasteiger partial charge in [0.15, 0.2) is 0 Å². The summed E-state index contributed by atoms with van der Waals surface area (Å²) >= 11 is 0. The summed E-state index contributed by atoms with van der Waals surface area (Å²) in [5.74, 6) is -0.240. The molecule has 0 heterocycles. The van der Waals surface area contributed by atoms with E-state index in [0.29, 0.717) is 6.42 Å². The van der Waals surface area contributed by atoms with Crippen LogP contribution in [-0.2, 0) is 16.6 Å². The molecule has 15 heavy (non-hydrogen) atoms. The van der Waals surface area contributed by atoms with Gasteiger partial charge in [0.25, 0.3) is 0 Å². The van der Waals surface area contributed by atoms with Crippen LogP contribution in [0.3, 0.4) is 0 Å². The molecule has 0 bridgehead atoms. The van der Waals surface area contributed by atoms with E-state index in [-0.39, 0.29) is 11.3 Å². The quantitative estimate of drug-likeness (QED) is 0.809. The van der Waals surface area contributed by atoms with Gasteiger partial charge in [-0.1, -0.05) is 45.0 Å². The van der Waals surface area contributed by atoms with Crippen LogP contribution in [0.1, 0.15) is 38.3 Å². The van der Waals surface area contributed by atoms with E-state index in [9.17, 15) is 4.79 Å². The molecule has 0 aliphatic carbocycles. The third-order valence-electron chi connectivity index (χ3n) is 2.45. The summed E-state index contributed by atoms with van der Waals surface area (Å²) in [5, 5.41) is 0. The monoisotopic (exact) mass is 205 g/mol. The predicted octanol–water partition coefficient (Wildman–Crippen LogP) is 2.40. The van der Waals surface area contributed by atoms with Crippen molar-refractivity contribution in [2.45, 2.75) is 39.0 Å². The molecule has 82 valence electrons. The number of nitrogens with two attached hydrogens (primary N) is 1. The normalized spacial score (nSPS) is 11.4. The summed E-state index contributed by atoms with van der Waals surface area (Å²) < 4.78 is 0. The lowest BCUT2D eigenvalue weighted by Crippen LogP contribution is -2.13. The Morgan fingerprint density at radius 3 is 2.53 bits per heavy atom. The standard InChI is InChI=1S/C13H19NO/c1-13(2,3)11-6-4-5-10(9-11)7-8-12(14)15/h4-6,9H,7-8H2,1-3H3,(H2,14,15). The van der Waals surface area contributed by atoms with E-state index in [1.165, 1.54) is 11.1 Å². The number of amides is 1. The molecule has 1 aromatic carbocycles. The highest BCUT2D eigenvalue weighted by Gasteiger charge is 2.13. The Kier molecular flexibility index (Phi) is 3.51. The summed E-state index contributed by atoms with van der Waals surface area (Å²) in [6.45, 7) is 6.54. The van der Waals surface area contributed by atoms with Crippen molar-refractivity contribution >= 4 is 5.91 Å². The molecule has 0 aliphatic rings. The van der Waals surface area contributed by atoms with Gasteiger partial charge in [-0.2, -0.15) is 0 Å². The van der Waals surface area contributed by atoms with Crippen molar-refractivity contribution in [2.24, 2.45) is 5.73 Å². The van der Waals surface area contributed by atoms with Gasteiger partial charge in [0, 0.05) is 6.42 Å². The average Bonchev–Trinajstić information content (AvgIpc) is 2.14. The van der Waals surface area contributed by atoms with Crippen molar-refractivity contribution in [3.05, 3.63) is 35.4 Å². The molecular formula is C13H19NO. The molecule has 0 atom stereocenters. The van der Waals surface area contributed by atoms with Crippen LogP contribution >= 0.6 is 0 Å². The van der Waals surface area contributed by atoms with Gasteiger partial charge in [-0.15, -0.1) is 0 Å². The zero-order valence-corrected chi connectivity index (χ0v) is 9.71. The number of benzene rings is 1. The molecule has 0 aromatic heterocycles. The number of hydrogen-bond acceptors (Lipinski definition) is 1. The molecule has 0 saturated carbocycles. The van der Waals surface area contributed by atoms with Crippen molar-refractivity contribution in [2.75, 3.05) is 0 Å². The van der Waals surface area contributed by atoms with Gasteiger partial charge in [-0.25, -0.2) is 0 Å². The topological polar surface area (TPSA) is 43.1 Å². The van der Waals surface area contributed by atoms with Crippen molar-refractivity contribution in [3.63, 3.8) is 0 Å². The molecular weight excluding hydrogens is 186 g/mol. The van der Waals surface area contributed by atoms with Crippen LogP contribution in [0, 0.1) is 0 Å². The SMILES string of the molecule is CC(C)(C)c1cccc(CCC(N)=O)c1. The van der Waals surface area contributed by atoms with Crippen molar-refractivity contribution < 1.29 is 4.79 Å². The van der Waals surface area contributed by atoms with Crippen molar-refractivity contribution in [1.29, 1.82) is 0 Å². The third kappa shape index (κ3) is 3.74. The van der Waals surface area contributed by atoms with Gasteiger partial charge >= 0.3 is 0 Å². The Morgan fingerprint density at radius 2 is 2.00 bits per heavy atom. The molecule has 0 aliphatic heterocycles. The highest BCUT2D eigenvalue weighted by atomic mass is 16.1. The average molecular weight is 205 g/mol.